The highest BCUT2D eigenvalue weighted by Crippen LogP contribution is 2.09. The van der Waals surface area contributed by atoms with E-state index in [0.717, 1.165) is 5.56 Å². The molecule has 0 unspecified atom stereocenters. The minimum absolute atomic E-state index is 0.623. The SMILES string of the molecule is Cc1cc(N)cc(C#N)c1. The number of nitriles is 1. The van der Waals surface area contributed by atoms with Crippen LogP contribution < -0.4 is 5.73 Å². The van der Waals surface area contributed by atoms with Crippen molar-refractivity contribution in [1.29, 1.82) is 5.26 Å². The molecule has 1 aromatic rings. The molecule has 0 atom stereocenters. The molecule has 0 aliphatic heterocycles. The van der Waals surface area contributed by atoms with Gasteiger partial charge in [-0.3, -0.25) is 0 Å². The van der Waals surface area contributed by atoms with Gasteiger partial charge in [0.15, 0.2) is 0 Å². The van der Waals surface area contributed by atoms with E-state index in [1.807, 2.05) is 19.1 Å². The monoisotopic (exact) mass is 132 g/mol. The molecule has 2 nitrogen and oxygen atoms in total. The summed E-state index contributed by atoms with van der Waals surface area (Å²) in [6.45, 7) is 1.91. The molecule has 0 saturated carbocycles. The summed E-state index contributed by atoms with van der Waals surface area (Å²) < 4.78 is 0. The predicted molar refractivity (Wildman–Crippen MR) is 40.3 cm³/mol. The Morgan fingerprint density at radius 2 is 2.10 bits per heavy atom. The van der Waals surface area contributed by atoms with E-state index >= 15 is 0 Å². The Morgan fingerprint density at radius 3 is 2.60 bits per heavy atom. The molecule has 0 aromatic heterocycles. The Hall–Kier alpha value is -1.49. The van der Waals surface area contributed by atoms with Crippen LogP contribution in [0.15, 0.2) is 18.2 Å². The second kappa shape index (κ2) is 2.40. The Bertz CT molecular complexity index is 264. The lowest BCUT2D eigenvalue weighted by atomic mass is 10.1. The van der Waals surface area contributed by atoms with E-state index < -0.39 is 0 Å². The molecule has 1 rings (SSSR count). The largest absolute Gasteiger partial charge is 0.399 e. The highest BCUT2D eigenvalue weighted by molar-refractivity contribution is 5.48. The lowest BCUT2D eigenvalue weighted by Gasteiger charge is -1.95. The molecule has 0 bridgehead atoms. The van der Waals surface area contributed by atoms with E-state index in [1.54, 1.807) is 12.1 Å². The van der Waals surface area contributed by atoms with Gasteiger partial charge < -0.3 is 5.73 Å². The van der Waals surface area contributed by atoms with Crippen molar-refractivity contribution in [1.82, 2.24) is 0 Å². The maximum Gasteiger partial charge on any atom is 0.0992 e. The van der Waals surface area contributed by atoms with Gasteiger partial charge in [0.1, 0.15) is 0 Å². The number of rotatable bonds is 0. The first-order valence-corrected chi connectivity index (χ1v) is 2.99. The summed E-state index contributed by atoms with van der Waals surface area (Å²) in [5, 5.41) is 8.48. The number of hydrogen-bond donors (Lipinski definition) is 1. The van der Waals surface area contributed by atoms with Gasteiger partial charge in [-0.15, -0.1) is 0 Å². The molecular formula is C8H8N2. The fraction of sp³-hybridized carbons (Fsp3) is 0.125. The summed E-state index contributed by atoms with van der Waals surface area (Å²) in [5.41, 5.74) is 7.78. The quantitative estimate of drug-likeness (QED) is 0.543. The Labute approximate surface area is 59.9 Å². The summed E-state index contributed by atoms with van der Waals surface area (Å²) in [4.78, 5) is 0. The van der Waals surface area contributed by atoms with E-state index in [1.165, 1.54) is 0 Å². The molecule has 0 heterocycles. The molecule has 0 spiro atoms. The number of nitrogens with two attached hydrogens (primary N) is 1. The topological polar surface area (TPSA) is 49.8 Å². The second-order valence-electron chi connectivity index (χ2n) is 2.24. The normalized spacial score (nSPS) is 8.80. The van der Waals surface area contributed by atoms with Crippen LogP contribution in [0.2, 0.25) is 0 Å². The maximum absolute atomic E-state index is 8.48. The van der Waals surface area contributed by atoms with Gasteiger partial charge in [0.2, 0.25) is 0 Å². The third-order valence-corrected chi connectivity index (χ3v) is 1.23. The minimum atomic E-state index is 0.623. The number of nitrogens with zero attached hydrogens (tertiary/aromatic N) is 1. The zero-order valence-corrected chi connectivity index (χ0v) is 5.76. The van der Waals surface area contributed by atoms with Gasteiger partial charge in [-0.1, -0.05) is 0 Å². The first kappa shape index (κ1) is 6.63. The summed E-state index contributed by atoms with van der Waals surface area (Å²) in [6.07, 6.45) is 0. The standard InChI is InChI=1S/C8H8N2/c1-6-2-7(5-9)4-8(10)3-6/h2-4H,10H2,1H3. The van der Waals surface area contributed by atoms with E-state index in [9.17, 15) is 0 Å². The fourth-order valence-electron chi connectivity index (χ4n) is 0.877. The predicted octanol–water partition coefficient (Wildman–Crippen LogP) is 1.45. The van der Waals surface area contributed by atoms with Crippen molar-refractivity contribution in [2.45, 2.75) is 6.92 Å². The highest BCUT2D eigenvalue weighted by Gasteiger charge is 1.92. The molecule has 2 heteroatoms. The molecular weight excluding hydrogens is 124 g/mol. The third-order valence-electron chi connectivity index (χ3n) is 1.23. The Kier molecular flexibility index (Phi) is 1.59. The van der Waals surface area contributed by atoms with E-state index in [2.05, 4.69) is 0 Å². The van der Waals surface area contributed by atoms with Crippen molar-refractivity contribution in [2.75, 3.05) is 5.73 Å². The summed E-state index contributed by atoms with van der Waals surface area (Å²) >= 11 is 0. The highest BCUT2D eigenvalue weighted by atomic mass is 14.5. The van der Waals surface area contributed by atoms with E-state index in [0.29, 0.717) is 11.3 Å². The number of hydrogen-bond acceptors (Lipinski definition) is 2. The van der Waals surface area contributed by atoms with Crippen molar-refractivity contribution in [2.24, 2.45) is 0 Å². The maximum atomic E-state index is 8.48. The third kappa shape index (κ3) is 1.26. The van der Waals surface area contributed by atoms with Gasteiger partial charge in [-0.25, -0.2) is 0 Å². The van der Waals surface area contributed by atoms with Crippen molar-refractivity contribution in [3.63, 3.8) is 0 Å². The molecule has 50 valence electrons. The molecule has 0 amide bonds. The average molecular weight is 132 g/mol. The molecule has 1 aromatic carbocycles. The van der Waals surface area contributed by atoms with Gasteiger partial charge in [0.25, 0.3) is 0 Å². The van der Waals surface area contributed by atoms with Crippen LogP contribution in [-0.2, 0) is 0 Å². The van der Waals surface area contributed by atoms with Gasteiger partial charge in [-0.05, 0) is 30.7 Å². The van der Waals surface area contributed by atoms with E-state index in [-0.39, 0.29) is 0 Å². The van der Waals surface area contributed by atoms with Crippen LogP contribution in [0.4, 0.5) is 5.69 Å². The van der Waals surface area contributed by atoms with Gasteiger partial charge in [0, 0.05) is 5.69 Å². The lowest BCUT2D eigenvalue weighted by molar-refractivity contribution is 1.42. The molecule has 0 saturated heterocycles. The van der Waals surface area contributed by atoms with Crippen LogP contribution in [0.5, 0.6) is 0 Å². The molecule has 10 heavy (non-hydrogen) atoms. The Balaban J connectivity index is 3.22. The molecule has 0 fully saturated rings. The lowest BCUT2D eigenvalue weighted by Crippen LogP contribution is -1.86. The summed E-state index contributed by atoms with van der Waals surface area (Å²) in [7, 11) is 0. The van der Waals surface area contributed by atoms with Crippen molar-refractivity contribution in [3.8, 4) is 6.07 Å². The van der Waals surface area contributed by atoms with Crippen LogP contribution in [0.3, 0.4) is 0 Å². The van der Waals surface area contributed by atoms with Crippen LogP contribution in [0, 0.1) is 18.3 Å². The molecule has 0 radical (unpaired) electrons. The minimum Gasteiger partial charge on any atom is -0.399 e. The average Bonchev–Trinajstić information content (AvgIpc) is 1.85. The van der Waals surface area contributed by atoms with Gasteiger partial charge in [-0.2, -0.15) is 5.26 Å². The summed E-state index contributed by atoms with van der Waals surface area (Å²) in [5.74, 6) is 0. The number of nitrogen functional groups attached to an aromatic ring is 1. The summed E-state index contributed by atoms with van der Waals surface area (Å²) in [6, 6.07) is 7.32. The van der Waals surface area contributed by atoms with Crippen LogP contribution in [-0.4, -0.2) is 0 Å². The van der Waals surface area contributed by atoms with Crippen molar-refractivity contribution >= 4 is 5.69 Å². The number of benzene rings is 1. The van der Waals surface area contributed by atoms with Crippen LogP contribution in [0.25, 0.3) is 0 Å². The first-order chi connectivity index (χ1) is 4.72. The molecule has 0 aliphatic carbocycles. The van der Waals surface area contributed by atoms with Gasteiger partial charge >= 0.3 is 0 Å². The van der Waals surface area contributed by atoms with Gasteiger partial charge in [0.05, 0.1) is 11.6 Å². The smallest absolute Gasteiger partial charge is 0.0992 e. The van der Waals surface area contributed by atoms with Crippen molar-refractivity contribution in [3.05, 3.63) is 29.3 Å². The molecule has 0 aliphatic rings. The Morgan fingerprint density at radius 1 is 1.40 bits per heavy atom. The first-order valence-electron chi connectivity index (χ1n) is 2.99. The van der Waals surface area contributed by atoms with Crippen LogP contribution >= 0.6 is 0 Å². The zero-order valence-electron chi connectivity index (χ0n) is 5.76. The number of anilines is 1. The zero-order chi connectivity index (χ0) is 7.56. The molecule has 2 N–H and O–H groups in total. The van der Waals surface area contributed by atoms with Crippen LogP contribution in [0.1, 0.15) is 11.1 Å². The van der Waals surface area contributed by atoms with E-state index in [4.69, 9.17) is 11.0 Å². The second-order valence-corrected chi connectivity index (χ2v) is 2.24. The van der Waals surface area contributed by atoms with Crippen molar-refractivity contribution < 1.29 is 0 Å². The fourth-order valence-corrected chi connectivity index (χ4v) is 0.877. The number of aryl methyl sites for hydroxylation is 1.